The molecule has 1 aliphatic rings. The highest BCUT2D eigenvalue weighted by molar-refractivity contribution is 7.91. The second kappa shape index (κ2) is 9.22. The number of benzene rings is 2. The van der Waals surface area contributed by atoms with Crippen LogP contribution in [0.5, 0.6) is 23.0 Å². The van der Waals surface area contributed by atoms with Crippen molar-refractivity contribution >= 4 is 26.7 Å². The van der Waals surface area contributed by atoms with Crippen molar-refractivity contribution in [2.75, 3.05) is 39.4 Å². The van der Waals surface area contributed by atoms with Gasteiger partial charge in [-0.25, -0.2) is 8.42 Å². The molecule has 1 N–H and O–H groups in total. The maximum atomic E-state index is 12.2. The van der Waals surface area contributed by atoms with E-state index >= 15 is 0 Å². The first-order valence-electron chi connectivity index (χ1n) is 10.3. The molecule has 33 heavy (non-hydrogen) atoms. The summed E-state index contributed by atoms with van der Waals surface area (Å²) in [5, 5.41) is 3.49. The van der Waals surface area contributed by atoms with Crippen LogP contribution in [0.1, 0.15) is 6.42 Å². The van der Waals surface area contributed by atoms with E-state index in [-0.39, 0.29) is 30.1 Å². The zero-order valence-corrected chi connectivity index (χ0v) is 19.4. The van der Waals surface area contributed by atoms with Gasteiger partial charge in [0.25, 0.3) is 5.91 Å². The standard InChI is InChI=1S/C23H25NO8S/c1-28-20-8-14(9-21(29-2)23(20)30-3)18-11-32-19-5-4-16(10-17(18)19)31-12-22(25)24-15-6-7-33(26,27)13-15/h4-5,8-11,15H,6-7,12-13H2,1-3H3,(H,24,25)/t15-/m1/s1. The molecule has 1 aliphatic heterocycles. The van der Waals surface area contributed by atoms with Gasteiger partial charge in [-0.1, -0.05) is 0 Å². The molecule has 0 saturated carbocycles. The van der Waals surface area contributed by atoms with E-state index in [0.29, 0.717) is 35.0 Å². The number of furan rings is 1. The maximum Gasteiger partial charge on any atom is 0.258 e. The van der Waals surface area contributed by atoms with Crippen LogP contribution in [0.15, 0.2) is 41.0 Å². The molecule has 3 aromatic rings. The fourth-order valence-corrected chi connectivity index (χ4v) is 5.56. The molecule has 2 heterocycles. The lowest BCUT2D eigenvalue weighted by molar-refractivity contribution is -0.123. The molecule has 10 heteroatoms. The van der Waals surface area contributed by atoms with E-state index in [1.54, 1.807) is 45.8 Å². The summed E-state index contributed by atoms with van der Waals surface area (Å²) in [5.74, 6) is 1.69. The summed E-state index contributed by atoms with van der Waals surface area (Å²) >= 11 is 0. The van der Waals surface area contributed by atoms with Gasteiger partial charge in [-0.05, 0) is 42.3 Å². The highest BCUT2D eigenvalue weighted by Crippen LogP contribution is 2.43. The molecule has 1 saturated heterocycles. The van der Waals surface area contributed by atoms with Gasteiger partial charge in [0.2, 0.25) is 5.75 Å². The predicted octanol–water partition coefficient (Wildman–Crippen LogP) is 2.81. The number of hydrogen-bond acceptors (Lipinski definition) is 8. The number of nitrogens with one attached hydrogen (secondary N) is 1. The minimum absolute atomic E-state index is 0.0299. The fourth-order valence-electron chi connectivity index (χ4n) is 3.89. The number of hydrogen-bond donors (Lipinski definition) is 1. The van der Waals surface area contributed by atoms with E-state index in [0.717, 1.165) is 16.5 Å². The molecule has 176 valence electrons. The quantitative estimate of drug-likeness (QED) is 0.529. The summed E-state index contributed by atoms with van der Waals surface area (Å²) in [5.41, 5.74) is 2.22. The normalized spacial score (nSPS) is 17.0. The van der Waals surface area contributed by atoms with E-state index in [9.17, 15) is 13.2 Å². The van der Waals surface area contributed by atoms with Gasteiger partial charge < -0.3 is 28.7 Å². The molecule has 1 atom stereocenters. The summed E-state index contributed by atoms with van der Waals surface area (Å²) in [7, 11) is 1.57. The molecule has 4 rings (SSSR count). The average molecular weight is 476 g/mol. The zero-order valence-electron chi connectivity index (χ0n) is 18.5. The number of fused-ring (bicyclic) bond motifs is 1. The summed E-state index contributed by atoms with van der Waals surface area (Å²) < 4.78 is 50.7. The Kier molecular flexibility index (Phi) is 6.37. The van der Waals surface area contributed by atoms with E-state index in [4.69, 9.17) is 23.4 Å². The lowest BCUT2D eigenvalue weighted by Gasteiger charge is -2.14. The maximum absolute atomic E-state index is 12.2. The average Bonchev–Trinajstić information content (AvgIpc) is 3.38. The van der Waals surface area contributed by atoms with Gasteiger partial charge in [0.15, 0.2) is 27.9 Å². The van der Waals surface area contributed by atoms with Crippen molar-refractivity contribution < 1.29 is 36.6 Å². The summed E-state index contributed by atoms with van der Waals surface area (Å²) in [6.07, 6.45) is 2.05. The first kappa shape index (κ1) is 22.8. The molecule has 9 nitrogen and oxygen atoms in total. The van der Waals surface area contributed by atoms with Crippen molar-refractivity contribution in [3.8, 4) is 34.1 Å². The van der Waals surface area contributed by atoms with E-state index in [1.807, 2.05) is 12.1 Å². The Labute approximate surface area is 191 Å². The number of carbonyl (C=O) groups excluding carboxylic acids is 1. The van der Waals surface area contributed by atoms with Gasteiger partial charge >= 0.3 is 0 Å². The Morgan fingerprint density at radius 3 is 2.42 bits per heavy atom. The minimum atomic E-state index is -3.06. The number of methoxy groups -OCH3 is 3. The third-order valence-electron chi connectivity index (χ3n) is 5.49. The molecule has 0 bridgehead atoms. The highest BCUT2D eigenvalue weighted by Gasteiger charge is 2.29. The predicted molar refractivity (Wildman–Crippen MR) is 122 cm³/mol. The highest BCUT2D eigenvalue weighted by atomic mass is 32.2. The molecule has 0 aliphatic carbocycles. The van der Waals surface area contributed by atoms with Crippen LogP contribution in [0.4, 0.5) is 0 Å². The Morgan fingerprint density at radius 1 is 1.09 bits per heavy atom. The van der Waals surface area contributed by atoms with Crippen LogP contribution in [0.2, 0.25) is 0 Å². The fraction of sp³-hybridized carbons (Fsp3) is 0.348. The van der Waals surface area contributed by atoms with Crippen LogP contribution in [0.25, 0.3) is 22.1 Å². The van der Waals surface area contributed by atoms with Gasteiger partial charge in [0, 0.05) is 17.0 Å². The molecule has 0 radical (unpaired) electrons. The Balaban J connectivity index is 1.54. The minimum Gasteiger partial charge on any atom is -0.493 e. The summed E-state index contributed by atoms with van der Waals surface area (Å²) in [4.78, 5) is 12.2. The van der Waals surface area contributed by atoms with Crippen LogP contribution in [-0.4, -0.2) is 59.8 Å². The zero-order chi connectivity index (χ0) is 23.6. The van der Waals surface area contributed by atoms with Crippen molar-refractivity contribution in [3.63, 3.8) is 0 Å². The third-order valence-corrected chi connectivity index (χ3v) is 7.26. The smallest absolute Gasteiger partial charge is 0.258 e. The van der Waals surface area contributed by atoms with Crippen molar-refractivity contribution in [1.29, 1.82) is 0 Å². The van der Waals surface area contributed by atoms with Gasteiger partial charge in [-0.2, -0.15) is 0 Å². The molecule has 0 spiro atoms. The second-order valence-corrected chi connectivity index (χ2v) is 9.91. The Morgan fingerprint density at radius 2 is 1.82 bits per heavy atom. The molecular formula is C23H25NO8S. The number of sulfone groups is 1. The molecule has 1 aromatic heterocycles. The molecule has 2 aromatic carbocycles. The summed E-state index contributed by atoms with van der Waals surface area (Å²) in [6, 6.07) is 8.52. The summed E-state index contributed by atoms with van der Waals surface area (Å²) in [6.45, 7) is -0.223. The topological polar surface area (TPSA) is 113 Å². The van der Waals surface area contributed by atoms with Gasteiger partial charge in [-0.15, -0.1) is 0 Å². The molecule has 0 unspecified atom stereocenters. The Hall–Kier alpha value is -3.40. The monoisotopic (exact) mass is 475 g/mol. The van der Waals surface area contributed by atoms with E-state index < -0.39 is 9.84 Å². The SMILES string of the molecule is COc1cc(-c2coc3ccc(OCC(=O)N[C@@H]4CCS(=O)(=O)C4)cc23)cc(OC)c1OC. The van der Waals surface area contributed by atoms with Crippen molar-refractivity contribution in [3.05, 3.63) is 36.6 Å². The number of amides is 1. The third kappa shape index (κ3) is 4.85. The van der Waals surface area contributed by atoms with Crippen LogP contribution in [0, 0.1) is 0 Å². The number of carbonyl (C=O) groups is 1. The van der Waals surface area contributed by atoms with Gasteiger partial charge in [-0.3, -0.25) is 4.79 Å². The Bertz CT molecular complexity index is 1260. The largest absolute Gasteiger partial charge is 0.493 e. The van der Waals surface area contributed by atoms with Crippen LogP contribution in [0.3, 0.4) is 0 Å². The van der Waals surface area contributed by atoms with Crippen LogP contribution in [-0.2, 0) is 14.6 Å². The lowest BCUT2D eigenvalue weighted by atomic mass is 10.0. The first-order valence-corrected chi connectivity index (χ1v) is 12.1. The van der Waals surface area contributed by atoms with Gasteiger partial charge in [0.05, 0.1) is 39.1 Å². The molecule has 1 amide bonds. The molecular weight excluding hydrogens is 450 g/mol. The molecule has 1 fully saturated rings. The van der Waals surface area contributed by atoms with Crippen molar-refractivity contribution in [2.45, 2.75) is 12.5 Å². The van der Waals surface area contributed by atoms with Gasteiger partial charge in [0.1, 0.15) is 11.3 Å². The van der Waals surface area contributed by atoms with Crippen molar-refractivity contribution in [1.82, 2.24) is 5.32 Å². The lowest BCUT2D eigenvalue weighted by Crippen LogP contribution is -2.38. The van der Waals surface area contributed by atoms with Crippen LogP contribution >= 0.6 is 0 Å². The van der Waals surface area contributed by atoms with Crippen LogP contribution < -0.4 is 24.3 Å². The number of rotatable bonds is 8. The van der Waals surface area contributed by atoms with Crippen molar-refractivity contribution in [2.24, 2.45) is 0 Å². The number of ether oxygens (including phenoxy) is 4. The second-order valence-electron chi connectivity index (χ2n) is 7.68. The first-order chi connectivity index (χ1) is 15.8. The van der Waals surface area contributed by atoms with E-state index in [1.165, 1.54) is 0 Å². The van der Waals surface area contributed by atoms with E-state index in [2.05, 4.69) is 5.32 Å².